The van der Waals surface area contributed by atoms with Gasteiger partial charge in [0.15, 0.2) is 0 Å². The zero-order chi connectivity index (χ0) is 18.1. The van der Waals surface area contributed by atoms with Crippen LogP contribution in [0.1, 0.15) is 26.2 Å². The molecule has 4 N–H and O–H groups in total. The van der Waals surface area contributed by atoms with Crippen molar-refractivity contribution >= 4 is 40.8 Å². The van der Waals surface area contributed by atoms with Crippen LogP contribution in [0.5, 0.6) is 0 Å². The third-order valence-corrected chi connectivity index (χ3v) is 4.18. The highest BCUT2D eigenvalue weighted by Gasteiger charge is 2.23. The van der Waals surface area contributed by atoms with Crippen molar-refractivity contribution in [3.05, 3.63) is 28.2 Å². The highest BCUT2D eigenvalue weighted by atomic mass is 35.5. The van der Waals surface area contributed by atoms with E-state index in [0.717, 1.165) is 12.8 Å². The normalized spacial score (nSPS) is 13.0. The highest BCUT2D eigenvalue weighted by Crippen LogP contribution is 2.25. The van der Waals surface area contributed by atoms with E-state index in [9.17, 15) is 9.59 Å². The molecule has 0 aliphatic heterocycles. The topological polar surface area (TPSA) is 93.4 Å². The number of ether oxygens (including phenoxy) is 1. The van der Waals surface area contributed by atoms with Gasteiger partial charge in [-0.15, -0.1) is 0 Å². The van der Waals surface area contributed by atoms with E-state index < -0.39 is 18.1 Å². The fraction of sp³-hybridized carbons (Fsp3) is 0.500. The Bertz CT molecular complexity index is 569. The molecule has 0 aliphatic rings. The van der Waals surface area contributed by atoms with Crippen LogP contribution < -0.4 is 16.4 Å². The second-order valence-corrected chi connectivity index (χ2v) is 6.18. The SMILES string of the molecule is COC(=O)[C@H](CCCCN)NC(=O)[C@H](C)Nc1ccc(Cl)c(Cl)c1. The summed E-state index contributed by atoms with van der Waals surface area (Å²) >= 11 is 11.8. The molecule has 24 heavy (non-hydrogen) atoms. The fourth-order valence-electron chi connectivity index (χ4n) is 2.08. The van der Waals surface area contributed by atoms with E-state index in [2.05, 4.69) is 10.6 Å². The van der Waals surface area contributed by atoms with Crippen molar-refractivity contribution in [1.29, 1.82) is 0 Å². The monoisotopic (exact) mass is 375 g/mol. The number of nitrogens with two attached hydrogens (primary N) is 1. The molecule has 1 aromatic carbocycles. The number of carbonyl (C=O) groups excluding carboxylic acids is 2. The fourth-order valence-corrected chi connectivity index (χ4v) is 2.38. The number of methoxy groups -OCH3 is 1. The number of rotatable bonds is 9. The summed E-state index contributed by atoms with van der Waals surface area (Å²) in [5.74, 6) is -0.786. The van der Waals surface area contributed by atoms with Crippen molar-refractivity contribution < 1.29 is 14.3 Å². The maximum atomic E-state index is 12.3. The first kappa shape index (κ1) is 20.5. The Hall–Kier alpha value is -1.50. The molecular formula is C16H23Cl2N3O3. The molecule has 0 saturated heterocycles. The van der Waals surface area contributed by atoms with Gasteiger partial charge in [-0.2, -0.15) is 0 Å². The lowest BCUT2D eigenvalue weighted by Gasteiger charge is -2.20. The minimum absolute atomic E-state index is 0.316. The van der Waals surface area contributed by atoms with E-state index >= 15 is 0 Å². The van der Waals surface area contributed by atoms with Gasteiger partial charge in [-0.3, -0.25) is 4.79 Å². The Kier molecular flexibility index (Phi) is 8.89. The quantitative estimate of drug-likeness (QED) is 0.455. The third kappa shape index (κ3) is 6.55. The van der Waals surface area contributed by atoms with Crippen LogP contribution in [0, 0.1) is 0 Å². The lowest BCUT2D eigenvalue weighted by atomic mass is 10.1. The van der Waals surface area contributed by atoms with Gasteiger partial charge in [-0.05, 0) is 50.9 Å². The minimum Gasteiger partial charge on any atom is -0.467 e. The summed E-state index contributed by atoms with van der Waals surface area (Å²) in [4.78, 5) is 24.1. The van der Waals surface area contributed by atoms with Gasteiger partial charge in [0.2, 0.25) is 5.91 Å². The van der Waals surface area contributed by atoms with Gasteiger partial charge in [0.25, 0.3) is 0 Å². The molecule has 1 amide bonds. The molecule has 0 aromatic heterocycles. The number of amides is 1. The van der Waals surface area contributed by atoms with Crippen molar-refractivity contribution in [3.63, 3.8) is 0 Å². The maximum absolute atomic E-state index is 12.3. The first-order valence-electron chi connectivity index (χ1n) is 7.69. The number of esters is 1. The summed E-state index contributed by atoms with van der Waals surface area (Å²) in [6, 6.07) is 3.74. The summed E-state index contributed by atoms with van der Waals surface area (Å²) in [6.07, 6.45) is 1.99. The van der Waals surface area contributed by atoms with Gasteiger partial charge in [-0.1, -0.05) is 23.2 Å². The average Bonchev–Trinajstić information content (AvgIpc) is 2.56. The molecule has 0 heterocycles. The van der Waals surface area contributed by atoms with Crippen molar-refractivity contribution in [2.24, 2.45) is 5.73 Å². The first-order chi connectivity index (χ1) is 11.4. The van der Waals surface area contributed by atoms with E-state index in [1.807, 2.05) is 0 Å². The molecule has 0 bridgehead atoms. The largest absolute Gasteiger partial charge is 0.467 e. The summed E-state index contributed by atoms with van der Waals surface area (Å²) in [6.45, 7) is 2.23. The van der Waals surface area contributed by atoms with E-state index in [1.54, 1.807) is 25.1 Å². The van der Waals surface area contributed by atoms with Crippen molar-refractivity contribution in [1.82, 2.24) is 5.32 Å². The highest BCUT2D eigenvalue weighted by molar-refractivity contribution is 6.42. The Morgan fingerprint density at radius 2 is 1.96 bits per heavy atom. The number of anilines is 1. The van der Waals surface area contributed by atoms with Crippen molar-refractivity contribution in [3.8, 4) is 0 Å². The second-order valence-electron chi connectivity index (χ2n) is 5.36. The number of hydrogen-bond donors (Lipinski definition) is 3. The minimum atomic E-state index is -0.688. The molecular weight excluding hydrogens is 353 g/mol. The summed E-state index contributed by atoms with van der Waals surface area (Å²) in [7, 11) is 1.29. The maximum Gasteiger partial charge on any atom is 0.328 e. The Morgan fingerprint density at radius 3 is 2.54 bits per heavy atom. The lowest BCUT2D eigenvalue weighted by Crippen LogP contribution is -2.47. The number of unbranched alkanes of at least 4 members (excludes halogenated alkanes) is 1. The number of carbonyl (C=O) groups is 2. The predicted molar refractivity (Wildman–Crippen MR) is 96.4 cm³/mol. The Morgan fingerprint density at radius 1 is 1.25 bits per heavy atom. The summed E-state index contributed by atoms with van der Waals surface area (Å²) in [5, 5.41) is 6.54. The molecule has 2 atom stereocenters. The third-order valence-electron chi connectivity index (χ3n) is 3.45. The lowest BCUT2D eigenvalue weighted by molar-refractivity contribution is -0.145. The Labute approximate surface area is 152 Å². The van der Waals surface area contributed by atoms with Crippen LogP contribution in [-0.2, 0) is 14.3 Å². The Balaban J connectivity index is 2.64. The molecule has 0 aliphatic carbocycles. The number of halogens is 2. The number of benzene rings is 1. The molecule has 0 radical (unpaired) electrons. The standard InChI is InChI=1S/C16H23Cl2N3O3/c1-10(20-11-6-7-12(17)13(18)9-11)15(22)21-14(16(23)24-2)5-3-4-8-19/h6-7,9-10,14,20H,3-5,8,19H2,1-2H3,(H,21,22)/t10-,14-/m0/s1. The second kappa shape index (κ2) is 10.4. The smallest absolute Gasteiger partial charge is 0.328 e. The van der Waals surface area contributed by atoms with Crippen LogP contribution in [0.15, 0.2) is 18.2 Å². The zero-order valence-electron chi connectivity index (χ0n) is 13.8. The molecule has 1 rings (SSSR count). The predicted octanol–water partition coefficient (Wildman–Crippen LogP) is 2.58. The van der Waals surface area contributed by atoms with E-state index in [4.69, 9.17) is 33.7 Å². The summed E-state index contributed by atoms with van der Waals surface area (Å²) in [5.41, 5.74) is 6.11. The molecule has 134 valence electrons. The van der Waals surface area contributed by atoms with E-state index in [0.29, 0.717) is 28.7 Å². The van der Waals surface area contributed by atoms with Gasteiger partial charge in [0, 0.05) is 5.69 Å². The molecule has 0 saturated carbocycles. The van der Waals surface area contributed by atoms with Crippen LogP contribution in [0.4, 0.5) is 5.69 Å². The van der Waals surface area contributed by atoms with E-state index in [1.165, 1.54) is 7.11 Å². The van der Waals surface area contributed by atoms with Gasteiger partial charge in [0.05, 0.1) is 17.2 Å². The van der Waals surface area contributed by atoms with Gasteiger partial charge in [0.1, 0.15) is 12.1 Å². The van der Waals surface area contributed by atoms with Crippen LogP contribution >= 0.6 is 23.2 Å². The number of nitrogens with one attached hydrogen (secondary N) is 2. The first-order valence-corrected chi connectivity index (χ1v) is 8.44. The number of hydrogen-bond acceptors (Lipinski definition) is 5. The molecule has 6 nitrogen and oxygen atoms in total. The molecule has 0 fully saturated rings. The summed E-state index contributed by atoms with van der Waals surface area (Å²) < 4.78 is 4.73. The van der Waals surface area contributed by atoms with Crippen LogP contribution in [0.3, 0.4) is 0 Å². The zero-order valence-corrected chi connectivity index (χ0v) is 15.3. The van der Waals surface area contributed by atoms with Crippen molar-refractivity contribution in [2.75, 3.05) is 19.0 Å². The molecule has 0 spiro atoms. The van der Waals surface area contributed by atoms with Crippen LogP contribution in [0.25, 0.3) is 0 Å². The van der Waals surface area contributed by atoms with Crippen LogP contribution in [0.2, 0.25) is 10.0 Å². The van der Waals surface area contributed by atoms with Crippen molar-refractivity contribution in [2.45, 2.75) is 38.3 Å². The van der Waals surface area contributed by atoms with Crippen LogP contribution in [-0.4, -0.2) is 37.6 Å². The molecule has 8 heteroatoms. The molecule has 0 unspecified atom stereocenters. The molecule has 1 aromatic rings. The van der Waals surface area contributed by atoms with E-state index in [-0.39, 0.29) is 5.91 Å². The van der Waals surface area contributed by atoms with Gasteiger partial charge < -0.3 is 21.1 Å². The van der Waals surface area contributed by atoms with Gasteiger partial charge in [-0.25, -0.2) is 4.79 Å². The van der Waals surface area contributed by atoms with Gasteiger partial charge >= 0.3 is 5.97 Å². The average molecular weight is 376 g/mol.